The minimum Gasteiger partial charge on any atom is -0.500 e. The van der Waals surface area contributed by atoms with Crippen molar-refractivity contribution < 1.29 is 22.6 Å². The van der Waals surface area contributed by atoms with Gasteiger partial charge in [-0.3, -0.25) is 0 Å². The fraction of sp³-hybridized carbons (Fsp3) is 0.259. The van der Waals surface area contributed by atoms with Gasteiger partial charge in [0.2, 0.25) is 5.82 Å². The molecule has 3 aromatic rings. The van der Waals surface area contributed by atoms with Gasteiger partial charge in [0.05, 0.1) is 19.2 Å². The summed E-state index contributed by atoms with van der Waals surface area (Å²) in [7, 11) is 1.71. The van der Waals surface area contributed by atoms with E-state index in [9.17, 15) is 13.2 Å². The summed E-state index contributed by atoms with van der Waals surface area (Å²) in [6, 6.07) is 15.1. The molecular weight excluding hydrogens is 424 g/mol. The zero-order chi connectivity index (χ0) is 23.4. The molecule has 2 unspecified atom stereocenters. The van der Waals surface area contributed by atoms with Crippen molar-refractivity contribution in [1.29, 1.82) is 0 Å². The maximum absolute atomic E-state index is 14.9. The molecule has 0 aromatic heterocycles. The van der Waals surface area contributed by atoms with Crippen LogP contribution in [0.3, 0.4) is 0 Å². The van der Waals surface area contributed by atoms with Crippen molar-refractivity contribution in [2.75, 3.05) is 13.1 Å². The number of hydrogen-bond acceptors (Lipinski definition) is 2. The number of halogens is 3. The van der Waals surface area contributed by atoms with Gasteiger partial charge in [0.25, 0.3) is 0 Å². The van der Waals surface area contributed by atoms with Gasteiger partial charge in [-0.2, -0.15) is 4.39 Å². The van der Waals surface area contributed by atoms with Crippen LogP contribution in [0.1, 0.15) is 31.2 Å². The number of ether oxygens (including phenoxy) is 2. The van der Waals surface area contributed by atoms with E-state index in [1.165, 1.54) is 18.2 Å². The first-order valence-electron chi connectivity index (χ1n) is 11.3. The van der Waals surface area contributed by atoms with Crippen LogP contribution in [0.25, 0.3) is 22.3 Å². The van der Waals surface area contributed by atoms with Gasteiger partial charge in [-0.15, -0.1) is 0 Å². The van der Waals surface area contributed by atoms with Crippen molar-refractivity contribution in [2.24, 2.45) is 0 Å². The zero-order valence-corrected chi connectivity index (χ0v) is 18.8. The summed E-state index contributed by atoms with van der Waals surface area (Å²) in [6.07, 6.45) is 5.88. The van der Waals surface area contributed by atoms with E-state index in [4.69, 9.17) is 9.47 Å². The molecular formula is C27H26BF3O2. The van der Waals surface area contributed by atoms with E-state index in [1.807, 2.05) is 31.2 Å². The van der Waals surface area contributed by atoms with E-state index in [2.05, 4.69) is 0 Å². The molecule has 4 rings (SSSR count). The highest BCUT2D eigenvalue weighted by Crippen LogP contribution is 2.34. The molecule has 170 valence electrons. The van der Waals surface area contributed by atoms with Gasteiger partial charge in [0, 0.05) is 11.5 Å². The third kappa shape index (κ3) is 5.01. The molecule has 0 radical (unpaired) electrons. The van der Waals surface area contributed by atoms with Crippen molar-refractivity contribution in [2.45, 2.75) is 31.8 Å². The van der Waals surface area contributed by atoms with E-state index < -0.39 is 11.6 Å². The molecule has 2 atom stereocenters. The average molecular weight is 450 g/mol. The van der Waals surface area contributed by atoms with Gasteiger partial charge in [0.1, 0.15) is 5.82 Å². The van der Waals surface area contributed by atoms with Crippen molar-refractivity contribution in [3.05, 3.63) is 89.8 Å². The van der Waals surface area contributed by atoms with E-state index >= 15 is 0 Å². The molecule has 0 bridgehead atoms. The fourth-order valence-corrected chi connectivity index (χ4v) is 4.29. The molecule has 2 nitrogen and oxygen atoms in total. The largest absolute Gasteiger partial charge is 0.500 e. The van der Waals surface area contributed by atoms with Crippen LogP contribution in [0, 0.1) is 17.5 Å². The Kier molecular flexibility index (Phi) is 7.24. The maximum Gasteiger partial charge on any atom is 0.201 e. The third-order valence-electron chi connectivity index (χ3n) is 6.03. The summed E-state index contributed by atoms with van der Waals surface area (Å²) in [5.41, 5.74) is 2.87. The molecule has 6 heteroatoms. The van der Waals surface area contributed by atoms with Crippen LogP contribution in [0.5, 0.6) is 5.75 Å². The number of allylic oxidation sites excluding steroid dienone is 1. The molecule has 0 aliphatic carbocycles. The lowest BCUT2D eigenvalue weighted by Crippen LogP contribution is -2.23. The zero-order valence-electron chi connectivity index (χ0n) is 18.8. The van der Waals surface area contributed by atoms with Gasteiger partial charge in [-0.05, 0) is 60.2 Å². The highest BCUT2D eigenvalue weighted by Gasteiger charge is 2.24. The second-order valence-corrected chi connectivity index (χ2v) is 8.16. The molecule has 0 saturated carbocycles. The van der Waals surface area contributed by atoms with E-state index in [1.54, 1.807) is 32.1 Å². The van der Waals surface area contributed by atoms with Crippen LogP contribution in [-0.2, 0) is 4.74 Å². The molecule has 1 aliphatic rings. The summed E-state index contributed by atoms with van der Waals surface area (Å²) in [6.45, 7) is 2.72. The number of rotatable bonds is 6. The molecule has 3 aromatic carbocycles. The Hall–Kier alpha value is -2.99. The average Bonchev–Trinajstić information content (AvgIpc) is 2.83. The quantitative estimate of drug-likeness (QED) is 0.327. The summed E-state index contributed by atoms with van der Waals surface area (Å²) in [5.74, 6) is -2.27. The lowest BCUT2D eigenvalue weighted by atomic mass is 9.89. The molecule has 1 saturated heterocycles. The van der Waals surface area contributed by atoms with Crippen LogP contribution < -0.4 is 4.74 Å². The van der Waals surface area contributed by atoms with Crippen LogP contribution in [-0.4, -0.2) is 27.1 Å². The van der Waals surface area contributed by atoms with Crippen LogP contribution in [0.4, 0.5) is 13.2 Å². The molecule has 1 heterocycles. The van der Waals surface area contributed by atoms with E-state index in [0.29, 0.717) is 17.7 Å². The highest BCUT2D eigenvalue weighted by atomic mass is 19.2. The first kappa shape index (κ1) is 23.2. The first-order valence-corrected chi connectivity index (χ1v) is 11.3. The van der Waals surface area contributed by atoms with Crippen molar-refractivity contribution in [3.8, 4) is 28.0 Å². The molecule has 1 fully saturated rings. The van der Waals surface area contributed by atoms with Crippen molar-refractivity contribution in [1.82, 2.24) is 0 Å². The Bertz CT molecular complexity index is 1140. The molecule has 33 heavy (non-hydrogen) atoms. The number of benzene rings is 3. The van der Waals surface area contributed by atoms with Gasteiger partial charge in [-0.1, -0.05) is 48.6 Å². The molecule has 1 aliphatic heterocycles. The maximum atomic E-state index is 14.9. The van der Waals surface area contributed by atoms with Gasteiger partial charge in [-0.25, -0.2) is 8.78 Å². The predicted octanol–water partition coefficient (Wildman–Crippen LogP) is 6.25. The summed E-state index contributed by atoms with van der Waals surface area (Å²) in [4.78, 5) is 0. The second kappa shape index (κ2) is 10.3. The Morgan fingerprint density at radius 2 is 1.67 bits per heavy atom. The van der Waals surface area contributed by atoms with Crippen molar-refractivity contribution >= 4 is 7.85 Å². The Labute approximate surface area is 193 Å². The Morgan fingerprint density at radius 3 is 2.30 bits per heavy atom. The molecule has 0 amide bonds. The smallest absolute Gasteiger partial charge is 0.201 e. The normalized spacial score (nSPS) is 18.5. The Balaban J connectivity index is 1.52. The minimum atomic E-state index is -1.00. The number of hydrogen-bond donors (Lipinski definition) is 0. The SMILES string of the molecule is BCOc1ccc(-c2ccc(-c3ccc(C4CCC(/C=C/C)OC4)c(F)c3)cc2)c(F)c1F. The standard InChI is InChI=1S/C27H26BF3O2/c1-2-3-21-10-8-20(15-32-21)22-11-9-19(14-24(22)29)17-4-6-18(7-5-17)23-12-13-25(33-16-28)27(31)26(23)30/h2-7,9,11-14,20-21H,8,10,15-16,28H2,1H3/b3-2+. The van der Waals surface area contributed by atoms with Gasteiger partial charge in [0.15, 0.2) is 19.4 Å². The highest BCUT2D eigenvalue weighted by molar-refractivity contribution is 6.08. The lowest BCUT2D eigenvalue weighted by molar-refractivity contribution is 0.0319. The lowest BCUT2D eigenvalue weighted by Gasteiger charge is -2.28. The first-order chi connectivity index (χ1) is 16.0. The minimum absolute atomic E-state index is 0.0421. The second-order valence-electron chi connectivity index (χ2n) is 8.16. The summed E-state index contributed by atoms with van der Waals surface area (Å²) >= 11 is 0. The topological polar surface area (TPSA) is 18.5 Å². The van der Waals surface area contributed by atoms with Crippen LogP contribution >= 0.6 is 0 Å². The summed E-state index contributed by atoms with van der Waals surface area (Å²) in [5, 5.41) is 0. The molecule has 0 N–H and O–H groups in total. The van der Waals surface area contributed by atoms with Crippen molar-refractivity contribution in [3.63, 3.8) is 0 Å². The predicted molar refractivity (Wildman–Crippen MR) is 128 cm³/mol. The van der Waals surface area contributed by atoms with Crippen LogP contribution in [0.2, 0.25) is 0 Å². The monoisotopic (exact) mass is 450 g/mol. The van der Waals surface area contributed by atoms with Gasteiger partial charge < -0.3 is 9.47 Å². The van der Waals surface area contributed by atoms with E-state index in [-0.39, 0.29) is 35.7 Å². The third-order valence-corrected chi connectivity index (χ3v) is 6.03. The Morgan fingerprint density at radius 1 is 0.939 bits per heavy atom. The van der Waals surface area contributed by atoms with Gasteiger partial charge >= 0.3 is 0 Å². The van der Waals surface area contributed by atoms with Crippen LogP contribution in [0.15, 0.2) is 66.7 Å². The van der Waals surface area contributed by atoms with E-state index in [0.717, 1.165) is 24.0 Å². The molecule has 0 spiro atoms. The fourth-order valence-electron chi connectivity index (χ4n) is 4.29. The summed E-state index contributed by atoms with van der Waals surface area (Å²) < 4.78 is 54.6.